The van der Waals surface area contributed by atoms with E-state index in [2.05, 4.69) is 0 Å². The van der Waals surface area contributed by atoms with Gasteiger partial charge in [0.1, 0.15) is 11.4 Å². The SMILES string of the molecule is COCCN(CCOC)C(=O)/C=C/c1cn(-c2ccccc2)nc1-c1ccccc1OC. The number of carbonyl (C=O) groups is 1. The van der Waals surface area contributed by atoms with Crippen LogP contribution in [0.3, 0.4) is 0 Å². The van der Waals surface area contributed by atoms with Crippen LogP contribution in [0.25, 0.3) is 23.0 Å². The van der Waals surface area contributed by atoms with Crippen LogP contribution in [0.5, 0.6) is 5.75 Å². The maximum Gasteiger partial charge on any atom is 0.246 e. The van der Waals surface area contributed by atoms with Gasteiger partial charge in [0.25, 0.3) is 0 Å². The molecule has 1 heterocycles. The number of nitrogens with zero attached hydrogens (tertiary/aromatic N) is 3. The van der Waals surface area contributed by atoms with E-state index in [0.717, 1.165) is 22.5 Å². The zero-order chi connectivity index (χ0) is 22.8. The maximum absolute atomic E-state index is 12.9. The van der Waals surface area contributed by atoms with Gasteiger partial charge in [0.05, 0.1) is 26.0 Å². The second kappa shape index (κ2) is 11.8. The minimum absolute atomic E-state index is 0.113. The highest BCUT2D eigenvalue weighted by Crippen LogP contribution is 2.32. The molecule has 0 aliphatic heterocycles. The number of rotatable bonds is 11. The molecule has 0 fully saturated rings. The van der Waals surface area contributed by atoms with Crippen LogP contribution < -0.4 is 4.74 Å². The predicted octanol–water partition coefficient (Wildman–Crippen LogP) is 3.68. The van der Waals surface area contributed by atoms with Crippen LogP contribution in [0.1, 0.15) is 5.56 Å². The molecule has 0 spiro atoms. The quantitative estimate of drug-likeness (QED) is 0.430. The number of amides is 1. The summed E-state index contributed by atoms with van der Waals surface area (Å²) in [5.41, 5.74) is 3.32. The molecular formula is C25H29N3O4. The molecular weight excluding hydrogens is 406 g/mol. The summed E-state index contributed by atoms with van der Waals surface area (Å²) in [7, 11) is 4.87. The van der Waals surface area contributed by atoms with Crippen molar-refractivity contribution in [2.24, 2.45) is 0 Å². The first-order valence-electron chi connectivity index (χ1n) is 10.4. The van der Waals surface area contributed by atoms with Crippen molar-refractivity contribution in [2.45, 2.75) is 0 Å². The Bertz CT molecular complexity index is 1020. The molecule has 7 heteroatoms. The molecule has 0 saturated heterocycles. The minimum atomic E-state index is -0.113. The van der Waals surface area contributed by atoms with Crippen LogP contribution in [0.4, 0.5) is 0 Å². The highest BCUT2D eigenvalue weighted by Gasteiger charge is 2.16. The fraction of sp³-hybridized carbons (Fsp3) is 0.280. The van der Waals surface area contributed by atoms with E-state index in [1.54, 1.807) is 43.1 Å². The van der Waals surface area contributed by atoms with Gasteiger partial charge in [-0.1, -0.05) is 30.3 Å². The van der Waals surface area contributed by atoms with E-state index in [1.165, 1.54) is 0 Å². The molecule has 1 amide bonds. The van der Waals surface area contributed by atoms with Gasteiger partial charge in [-0.25, -0.2) is 4.68 Å². The molecule has 2 aromatic carbocycles. The number of carbonyl (C=O) groups excluding carboxylic acids is 1. The van der Waals surface area contributed by atoms with E-state index in [1.807, 2.05) is 60.8 Å². The van der Waals surface area contributed by atoms with Gasteiger partial charge in [-0.2, -0.15) is 5.10 Å². The molecule has 0 atom stereocenters. The van der Waals surface area contributed by atoms with Crippen molar-refractivity contribution >= 4 is 12.0 Å². The number of hydrogen-bond acceptors (Lipinski definition) is 5. The van der Waals surface area contributed by atoms with Gasteiger partial charge < -0.3 is 19.1 Å². The Hall–Kier alpha value is -3.42. The van der Waals surface area contributed by atoms with Crippen LogP contribution >= 0.6 is 0 Å². The molecule has 1 aromatic heterocycles. The van der Waals surface area contributed by atoms with Gasteiger partial charge in [-0.05, 0) is 30.3 Å². The van der Waals surface area contributed by atoms with Gasteiger partial charge in [-0.3, -0.25) is 4.79 Å². The Balaban J connectivity index is 1.96. The average Bonchev–Trinajstić information content (AvgIpc) is 3.27. The summed E-state index contributed by atoms with van der Waals surface area (Å²) in [5, 5.41) is 4.80. The lowest BCUT2D eigenvalue weighted by molar-refractivity contribution is -0.127. The summed E-state index contributed by atoms with van der Waals surface area (Å²) in [6.45, 7) is 1.90. The summed E-state index contributed by atoms with van der Waals surface area (Å²) in [4.78, 5) is 14.6. The third-order valence-corrected chi connectivity index (χ3v) is 4.97. The number of ether oxygens (including phenoxy) is 3. The van der Waals surface area contributed by atoms with Crippen LogP contribution in [0, 0.1) is 0 Å². The second-order valence-corrected chi connectivity index (χ2v) is 7.06. The Morgan fingerprint density at radius 1 is 0.969 bits per heavy atom. The van der Waals surface area contributed by atoms with Crippen molar-refractivity contribution in [3.63, 3.8) is 0 Å². The first-order chi connectivity index (χ1) is 15.7. The number of benzene rings is 2. The molecule has 0 saturated carbocycles. The Kier molecular flexibility index (Phi) is 8.60. The smallest absolute Gasteiger partial charge is 0.246 e. The lowest BCUT2D eigenvalue weighted by Gasteiger charge is -2.20. The minimum Gasteiger partial charge on any atom is -0.496 e. The zero-order valence-electron chi connectivity index (χ0n) is 18.7. The van der Waals surface area contributed by atoms with Crippen LogP contribution in [-0.4, -0.2) is 68.2 Å². The van der Waals surface area contributed by atoms with E-state index in [9.17, 15) is 4.79 Å². The van der Waals surface area contributed by atoms with Crippen molar-refractivity contribution in [1.82, 2.24) is 14.7 Å². The van der Waals surface area contributed by atoms with Crippen molar-refractivity contribution in [2.75, 3.05) is 47.6 Å². The Morgan fingerprint density at radius 2 is 1.62 bits per heavy atom. The van der Waals surface area contributed by atoms with Gasteiger partial charge in [0, 0.05) is 50.7 Å². The van der Waals surface area contributed by atoms with Crippen LogP contribution in [0.2, 0.25) is 0 Å². The van der Waals surface area contributed by atoms with Crippen molar-refractivity contribution in [3.8, 4) is 22.7 Å². The van der Waals surface area contributed by atoms with Crippen LogP contribution in [-0.2, 0) is 14.3 Å². The zero-order valence-corrected chi connectivity index (χ0v) is 18.7. The summed E-state index contributed by atoms with van der Waals surface area (Å²) in [5.74, 6) is 0.603. The summed E-state index contributed by atoms with van der Waals surface area (Å²) in [6.07, 6.45) is 5.27. The number of hydrogen-bond donors (Lipinski definition) is 0. The van der Waals surface area contributed by atoms with Gasteiger partial charge in [-0.15, -0.1) is 0 Å². The highest BCUT2D eigenvalue weighted by molar-refractivity contribution is 5.93. The molecule has 0 bridgehead atoms. The molecule has 0 radical (unpaired) electrons. The fourth-order valence-electron chi connectivity index (χ4n) is 3.27. The molecule has 32 heavy (non-hydrogen) atoms. The van der Waals surface area contributed by atoms with Crippen molar-refractivity contribution in [3.05, 3.63) is 72.4 Å². The molecule has 0 N–H and O–H groups in total. The Morgan fingerprint density at radius 3 is 2.28 bits per heavy atom. The molecule has 0 aliphatic rings. The molecule has 3 rings (SSSR count). The van der Waals surface area contributed by atoms with E-state index in [-0.39, 0.29) is 5.91 Å². The maximum atomic E-state index is 12.9. The van der Waals surface area contributed by atoms with Crippen LogP contribution in [0.15, 0.2) is 66.9 Å². The lowest BCUT2D eigenvalue weighted by Crippen LogP contribution is -2.35. The van der Waals surface area contributed by atoms with Gasteiger partial charge in [0.15, 0.2) is 0 Å². The lowest BCUT2D eigenvalue weighted by atomic mass is 10.1. The predicted molar refractivity (Wildman–Crippen MR) is 125 cm³/mol. The van der Waals surface area contributed by atoms with E-state index in [0.29, 0.717) is 32.1 Å². The standard InChI is InChI=1S/C25H29N3O4/c1-30-17-15-27(16-18-31-2)24(29)14-13-20-19-28(21-9-5-4-6-10-21)26-25(20)22-11-7-8-12-23(22)32-3/h4-14,19H,15-18H2,1-3H3/b14-13+. The van der Waals surface area contributed by atoms with Crippen molar-refractivity contribution in [1.29, 1.82) is 0 Å². The first-order valence-corrected chi connectivity index (χ1v) is 10.4. The topological polar surface area (TPSA) is 65.8 Å². The third kappa shape index (κ3) is 5.84. The second-order valence-electron chi connectivity index (χ2n) is 7.06. The van der Waals surface area contributed by atoms with Gasteiger partial charge in [0.2, 0.25) is 5.91 Å². The molecule has 0 aliphatic carbocycles. The first kappa shape index (κ1) is 23.2. The normalized spacial score (nSPS) is 11.1. The molecule has 0 unspecified atom stereocenters. The van der Waals surface area contributed by atoms with E-state index < -0.39 is 0 Å². The summed E-state index contributed by atoms with van der Waals surface area (Å²) < 4.78 is 17.6. The van der Waals surface area contributed by atoms with E-state index in [4.69, 9.17) is 19.3 Å². The number of aromatic nitrogens is 2. The summed E-state index contributed by atoms with van der Waals surface area (Å²) in [6, 6.07) is 17.6. The molecule has 7 nitrogen and oxygen atoms in total. The van der Waals surface area contributed by atoms with E-state index >= 15 is 0 Å². The largest absolute Gasteiger partial charge is 0.496 e. The number of methoxy groups -OCH3 is 3. The molecule has 168 valence electrons. The van der Waals surface area contributed by atoms with Crippen molar-refractivity contribution < 1.29 is 19.0 Å². The molecule has 3 aromatic rings. The fourth-order valence-corrected chi connectivity index (χ4v) is 3.27. The van der Waals surface area contributed by atoms with Gasteiger partial charge >= 0.3 is 0 Å². The summed E-state index contributed by atoms with van der Waals surface area (Å²) >= 11 is 0. The highest BCUT2D eigenvalue weighted by atomic mass is 16.5. The average molecular weight is 436 g/mol. The Labute approximate surface area is 188 Å². The monoisotopic (exact) mass is 435 g/mol. The number of para-hydroxylation sites is 2. The third-order valence-electron chi connectivity index (χ3n) is 4.97.